The molecule has 0 aliphatic carbocycles. The molecule has 2 aromatic heterocycles. The van der Waals surface area contributed by atoms with Crippen molar-refractivity contribution in [2.75, 3.05) is 7.05 Å². The normalized spacial score (nSPS) is 12.8. The van der Waals surface area contributed by atoms with Crippen LogP contribution in [0.3, 0.4) is 0 Å². The lowest BCUT2D eigenvalue weighted by Crippen LogP contribution is -2.21. The maximum atomic E-state index is 4.26. The fourth-order valence-electron chi connectivity index (χ4n) is 1.90. The number of nitrogens with zero attached hydrogens (tertiary/aromatic N) is 5. The minimum atomic E-state index is 0.203. The van der Waals surface area contributed by atoms with Crippen molar-refractivity contribution in [3.05, 3.63) is 22.7 Å². The zero-order valence-corrected chi connectivity index (χ0v) is 11.7. The van der Waals surface area contributed by atoms with E-state index in [1.165, 1.54) is 16.4 Å². The van der Waals surface area contributed by atoms with E-state index in [1.807, 2.05) is 14.1 Å². The number of nitrogens with one attached hydrogen (secondary N) is 1. The standard InChI is InChI=1S/C11H18N6S/c1-4-5-8-11(18-16-15-8)9(12-2)6-10-13-7-14-17(10)3/h7,9,12H,4-6H2,1-3H3. The lowest BCUT2D eigenvalue weighted by molar-refractivity contribution is 0.555. The van der Waals surface area contributed by atoms with Gasteiger partial charge in [0.1, 0.15) is 12.2 Å². The van der Waals surface area contributed by atoms with Gasteiger partial charge in [0.05, 0.1) is 16.6 Å². The number of hydrogen-bond donors (Lipinski definition) is 1. The summed E-state index contributed by atoms with van der Waals surface area (Å²) in [4.78, 5) is 5.48. The van der Waals surface area contributed by atoms with Crippen LogP contribution < -0.4 is 5.32 Å². The van der Waals surface area contributed by atoms with Gasteiger partial charge in [0.2, 0.25) is 0 Å². The molecule has 1 N–H and O–H groups in total. The van der Waals surface area contributed by atoms with Crippen LogP contribution in [0.25, 0.3) is 0 Å². The first-order valence-electron chi connectivity index (χ1n) is 6.07. The third-order valence-electron chi connectivity index (χ3n) is 2.93. The molecule has 1 unspecified atom stereocenters. The minimum Gasteiger partial charge on any atom is -0.312 e. The lowest BCUT2D eigenvalue weighted by atomic mass is 10.1. The summed E-state index contributed by atoms with van der Waals surface area (Å²) in [5, 5.41) is 11.6. The highest BCUT2D eigenvalue weighted by atomic mass is 32.1. The van der Waals surface area contributed by atoms with Gasteiger partial charge < -0.3 is 5.32 Å². The molecule has 7 heteroatoms. The van der Waals surface area contributed by atoms with Gasteiger partial charge >= 0.3 is 0 Å². The molecule has 0 bridgehead atoms. The molecular weight excluding hydrogens is 248 g/mol. The van der Waals surface area contributed by atoms with Crippen LogP contribution in [0.2, 0.25) is 0 Å². The Labute approximate surface area is 111 Å². The SMILES string of the molecule is CCCc1nnsc1C(Cc1ncnn1C)NC. The predicted octanol–water partition coefficient (Wildman–Crippen LogP) is 1.12. The Hall–Kier alpha value is -1.34. The van der Waals surface area contributed by atoms with Gasteiger partial charge in [-0.3, -0.25) is 4.68 Å². The van der Waals surface area contributed by atoms with E-state index in [2.05, 4.69) is 31.9 Å². The summed E-state index contributed by atoms with van der Waals surface area (Å²) >= 11 is 1.47. The van der Waals surface area contributed by atoms with Crippen molar-refractivity contribution in [3.63, 3.8) is 0 Å². The van der Waals surface area contributed by atoms with Crippen LogP contribution in [0.4, 0.5) is 0 Å². The van der Waals surface area contributed by atoms with Gasteiger partial charge in [0.15, 0.2) is 0 Å². The highest BCUT2D eigenvalue weighted by molar-refractivity contribution is 7.05. The Kier molecular flexibility index (Phi) is 4.38. The largest absolute Gasteiger partial charge is 0.312 e. The highest BCUT2D eigenvalue weighted by Crippen LogP contribution is 2.23. The number of hydrogen-bond acceptors (Lipinski definition) is 6. The topological polar surface area (TPSA) is 68.5 Å². The maximum Gasteiger partial charge on any atom is 0.138 e. The monoisotopic (exact) mass is 266 g/mol. The van der Waals surface area contributed by atoms with Gasteiger partial charge in [-0.05, 0) is 25.0 Å². The second-order valence-electron chi connectivity index (χ2n) is 4.18. The number of aryl methyl sites for hydroxylation is 2. The molecule has 0 radical (unpaired) electrons. The summed E-state index contributed by atoms with van der Waals surface area (Å²) in [5.74, 6) is 0.963. The van der Waals surface area contributed by atoms with Crippen molar-refractivity contribution >= 4 is 11.5 Å². The molecule has 0 aliphatic heterocycles. The molecule has 0 fully saturated rings. The summed E-state index contributed by atoms with van der Waals surface area (Å²) in [6.45, 7) is 2.15. The third kappa shape index (κ3) is 2.73. The summed E-state index contributed by atoms with van der Waals surface area (Å²) < 4.78 is 5.87. The molecule has 18 heavy (non-hydrogen) atoms. The van der Waals surface area contributed by atoms with E-state index in [4.69, 9.17) is 0 Å². The first kappa shape index (κ1) is 13.1. The zero-order valence-electron chi connectivity index (χ0n) is 10.9. The summed E-state index contributed by atoms with van der Waals surface area (Å²) in [6.07, 6.45) is 4.44. The van der Waals surface area contributed by atoms with E-state index in [0.717, 1.165) is 30.8 Å². The highest BCUT2D eigenvalue weighted by Gasteiger charge is 2.19. The fraction of sp³-hybridized carbons (Fsp3) is 0.636. The van der Waals surface area contributed by atoms with E-state index >= 15 is 0 Å². The first-order chi connectivity index (χ1) is 8.76. The fourth-order valence-corrected chi connectivity index (χ4v) is 2.71. The van der Waals surface area contributed by atoms with Gasteiger partial charge in [0, 0.05) is 13.5 Å². The van der Waals surface area contributed by atoms with Gasteiger partial charge in [0.25, 0.3) is 0 Å². The molecule has 6 nitrogen and oxygen atoms in total. The third-order valence-corrected chi connectivity index (χ3v) is 3.81. The molecular formula is C11H18N6S. The van der Waals surface area contributed by atoms with E-state index in [0.29, 0.717) is 0 Å². The van der Waals surface area contributed by atoms with Gasteiger partial charge in [-0.25, -0.2) is 4.98 Å². The summed E-state index contributed by atoms with van der Waals surface area (Å²) in [7, 11) is 3.86. The molecule has 2 rings (SSSR count). The average molecular weight is 266 g/mol. The lowest BCUT2D eigenvalue weighted by Gasteiger charge is -2.14. The Balaban J connectivity index is 2.17. The number of rotatable bonds is 6. The van der Waals surface area contributed by atoms with Crippen molar-refractivity contribution in [2.45, 2.75) is 32.2 Å². The second-order valence-corrected chi connectivity index (χ2v) is 4.96. The maximum absolute atomic E-state index is 4.26. The Morgan fingerprint density at radius 1 is 1.50 bits per heavy atom. The van der Waals surface area contributed by atoms with Gasteiger partial charge in [-0.2, -0.15) is 5.10 Å². The van der Waals surface area contributed by atoms with Crippen molar-refractivity contribution in [1.82, 2.24) is 29.7 Å². The predicted molar refractivity (Wildman–Crippen MR) is 70.4 cm³/mol. The van der Waals surface area contributed by atoms with Crippen molar-refractivity contribution in [2.24, 2.45) is 7.05 Å². The Bertz CT molecular complexity index is 491. The van der Waals surface area contributed by atoms with Gasteiger partial charge in [-0.15, -0.1) is 5.10 Å². The Morgan fingerprint density at radius 3 is 2.94 bits per heavy atom. The van der Waals surface area contributed by atoms with Crippen LogP contribution in [0.5, 0.6) is 0 Å². The zero-order chi connectivity index (χ0) is 13.0. The van der Waals surface area contributed by atoms with Crippen LogP contribution in [0.15, 0.2) is 6.33 Å². The van der Waals surface area contributed by atoms with Crippen LogP contribution in [-0.4, -0.2) is 31.4 Å². The van der Waals surface area contributed by atoms with Crippen LogP contribution in [-0.2, 0) is 19.9 Å². The van der Waals surface area contributed by atoms with E-state index in [-0.39, 0.29) is 6.04 Å². The van der Waals surface area contributed by atoms with Crippen molar-refractivity contribution < 1.29 is 0 Å². The van der Waals surface area contributed by atoms with Crippen LogP contribution >= 0.6 is 11.5 Å². The van der Waals surface area contributed by atoms with Crippen molar-refractivity contribution in [1.29, 1.82) is 0 Å². The molecule has 0 spiro atoms. The number of likely N-dealkylation sites (N-methyl/N-ethyl adjacent to an activating group) is 1. The van der Waals surface area contributed by atoms with E-state index in [1.54, 1.807) is 11.0 Å². The molecule has 0 amide bonds. The van der Waals surface area contributed by atoms with Crippen LogP contribution in [0.1, 0.15) is 35.8 Å². The van der Waals surface area contributed by atoms with E-state index < -0.39 is 0 Å². The smallest absolute Gasteiger partial charge is 0.138 e. The molecule has 0 aliphatic rings. The molecule has 0 saturated heterocycles. The minimum absolute atomic E-state index is 0.203. The second kappa shape index (κ2) is 6.01. The summed E-state index contributed by atoms with van der Waals surface area (Å²) in [5.41, 5.74) is 1.10. The first-order valence-corrected chi connectivity index (χ1v) is 6.84. The van der Waals surface area contributed by atoms with E-state index in [9.17, 15) is 0 Å². The average Bonchev–Trinajstić information content (AvgIpc) is 2.97. The molecule has 0 saturated carbocycles. The van der Waals surface area contributed by atoms with Gasteiger partial charge in [-0.1, -0.05) is 17.8 Å². The summed E-state index contributed by atoms with van der Waals surface area (Å²) in [6, 6.07) is 0.203. The molecule has 2 heterocycles. The molecule has 98 valence electrons. The quantitative estimate of drug-likeness (QED) is 0.848. The molecule has 0 aromatic carbocycles. The van der Waals surface area contributed by atoms with Crippen LogP contribution in [0, 0.1) is 0 Å². The van der Waals surface area contributed by atoms with Crippen molar-refractivity contribution in [3.8, 4) is 0 Å². The Morgan fingerprint density at radius 2 is 2.33 bits per heavy atom. The molecule has 2 aromatic rings. The molecule has 1 atom stereocenters. The number of aromatic nitrogens is 5.